The van der Waals surface area contributed by atoms with Crippen molar-refractivity contribution >= 4 is 17.6 Å². The second kappa shape index (κ2) is 8.87. The minimum atomic E-state index is -0.739. The second-order valence-electron chi connectivity index (χ2n) is 5.86. The Hall–Kier alpha value is -2.82. The van der Waals surface area contributed by atoms with Crippen LogP contribution in [0.3, 0.4) is 0 Å². The quantitative estimate of drug-likeness (QED) is 0.781. The Morgan fingerprint density at radius 2 is 1.68 bits per heavy atom. The van der Waals surface area contributed by atoms with Crippen LogP contribution in [-0.2, 0) is 14.3 Å². The van der Waals surface area contributed by atoms with E-state index in [0.29, 0.717) is 17.9 Å². The van der Waals surface area contributed by atoms with Gasteiger partial charge < -0.3 is 14.8 Å². The summed E-state index contributed by atoms with van der Waals surface area (Å²) in [6.07, 6.45) is -0.289. The summed E-state index contributed by atoms with van der Waals surface area (Å²) in [6.45, 7) is 5.38. The first-order chi connectivity index (χ1) is 12.0. The number of hydrogen-bond donors (Lipinski definition) is 1. The van der Waals surface area contributed by atoms with Gasteiger partial charge in [0.15, 0.2) is 12.7 Å². The number of amides is 1. The van der Waals surface area contributed by atoms with Gasteiger partial charge in [-0.3, -0.25) is 4.79 Å². The van der Waals surface area contributed by atoms with Crippen LogP contribution in [0.15, 0.2) is 48.5 Å². The largest absolute Gasteiger partial charge is 0.479 e. The number of hydrogen-bond acceptors (Lipinski definition) is 4. The van der Waals surface area contributed by atoms with Crippen molar-refractivity contribution in [2.75, 3.05) is 11.9 Å². The molecule has 0 aromatic heterocycles. The summed E-state index contributed by atoms with van der Waals surface area (Å²) in [4.78, 5) is 24.1. The van der Waals surface area contributed by atoms with Crippen LogP contribution in [0.25, 0.3) is 0 Å². The van der Waals surface area contributed by atoms with E-state index < -0.39 is 12.1 Å². The molecule has 0 aliphatic rings. The molecular weight excluding hydrogens is 318 g/mol. The van der Waals surface area contributed by atoms with Gasteiger partial charge in [0.05, 0.1) is 0 Å². The van der Waals surface area contributed by atoms with E-state index in [4.69, 9.17) is 9.47 Å². The van der Waals surface area contributed by atoms with E-state index in [1.807, 2.05) is 57.2 Å². The predicted molar refractivity (Wildman–Crippen MR) is 96.7 cm³/mol. The van der Waals surface area contributed by atoms with Crippen molar-refractivity contribution in [2.24, 2.45) is 0 Å². The molecule has 0 saturated carbocycles. The minimum Gasteiger partial charge on any atom is -0.479 e. The van der Waals surface area contributed by atoms with Crippen molar-refractivity contribution in [1.29, 1.82) is 0 Å². The SMILES string of the molecule is CC[C@H](Oc1ccccc1)C(=O)OCC(=O)Nc1cc(C)cc(C)c1. The van der Waals surface area contributed by atoms with E-state index in [1.165, 1.54) is 0 Å². The molecule has 0 unspecified atom stereocenters. The first-order valence-corrected chi connectivity index (χ1v) is 8.24. The Labute approximate surface area is 148 Å². The van der Waals surface area contributed by atoms with E-state index in [0.717, 1.165) is 11.1 Å². The molecule has 0 spiro atoms. The Balaban J connectivity index is 1.86. The average molecular weight is 341 g/mol. The van der Waals surface area contributed by atoms with E-state index in [1.54, 1.807) is 12.1 Å². The highest BCUT2D eigenvalue weighted by molar-refractivity contribution is 5.93. The summed E-state index contributed by atoms with van der Waals surface area (Å²) in [5, 5.41) is 2.73. The van der Waals surface area contributed by atoms with Crippen LogP contribution in [-0.4, -0.2) is 24.6 Å². The zero-order valence-corrected chi connectivity index (χ0v) is 14.7. The number of aryl methyl sites for hydroxylation is 2. The lowest BCUT2D eigenvalue weighted by molar-refractivity contribution is -0.154. The molecule has 0 heterocycles. The van der Waals surface area contributed by atoms with Crippen molar-refractivity contribution in [3.63, 3.8) is 0 Å². The number of ether oxygens (including phenoxy) is 2. The Bertz CT molecular complexity index is 707. The molecule has 1 N–H and O–H groups in total. The molecule has 5 nitrogen and oxygen atoms in total. The number of nitrogens with one attached hydrogen (secondary N) is 1. The highest BCUT2D eigenvalue weighted by Crippen LogP contribution is 2.15. The van der Waals surface area contributed by atoms with Gasteiger partial charge in [-0.2, -0.15) is 0 Å². The van der Waals surface area contributed by atoms with E-state index in [-0.39, 0.29) is 12.5 Å². The number of benzene rings is 2. The third-order valence-corrected chi connectivity index (χ3v) is 3.51. The summed E-state index contributed by atoms with van der Waals surface area (Å²) in [5.74, 6) is -0.346. The topological polar surface area (TPSA) is 64.6 Å². The third-order valence-electron chi connectivity index (χ3n) is 3.51. The second-order valence-corrected chi connectivity index (χ2v) is 5.86. The van der Waals surface area contributed by atoms with Crippen LogP contribution in [0.5, 0.6) is 5.75 Å². The highest BCUT2D eigenvalue weighted by Gasteiger charge is 2.21. The summed E-state index contributed by atoms with van der Waals surface area (Å²) in [5.41, 5.74) is 2.79. The minimum absolute atomic E-state index is 0.347. The first-order valence-electron chi connectivity index (χ1n) is 8.24. The highest BCUT2D eigenvalue weighted by atomic mass is 16.6. The fourth-order valence-corrected chi connectivity index (χ4v) is 2.43. The van der Waals surface area contributed by atoms with E-state index in [2.05, 4.69) is 5.32 Å². The molecular formula is C20H23NO4. The molecule has 25 heavy (non-hydrogen) atoms. The molecule has 1 atom stereocenters. The lowest BCUT2D eigenvalue weighted by Crippen LogP contribution is -2.31. The Morgan fingerprint density at radius 1 is 1.04 bits per heavy atom. The summed E-state index contributed by atoms with van der Waals surface area (Å²) < 4.78 is 10.7. The first kappa shape index (κ1) is 18.5. The molecule has 0 radical (unpaired) electrons. The van der Waals surface area contributed by atoms with Crippen molar-refractivity contribution in [3.8, 4) is 5.75 Å². The zero-order valence-electron chi connectivity index (χ0n) is 14.7. The van der Waals surface area contributed by atoms with Crippen LogP contribution >= 0.6 is 0 Å². The van der Waals surface area contributed by atoms with Crippen molar-refractivity contribution in [1.82, 2.24) is 0 Å². The zero-order chi connectivity index (χ0) is 18.2. The van der Waals surface area contributed by atoms with Crippen LogP contribution < -0.4 is 10.1 Å². The maximum absolute atomic E-state index is 12.1. The standard InChI is InChI=1S/C20H23NO4/c1-4-18(25-17-8-6-5-7-9-17)20(23)24-13-19(22)21-16-11-14(2)10-15(3)12-16/h5-12,18H,4,13H2,1-3H3,(H,21,22)/t18-/m0/s1. The van der Waals surface area contributed by atoms with Gasteiger partial charge in [-0.25, -0.2) is 4.79 Å². The van der Waals surface area contributed by atoms with Crippen LogP contribution in [0.1, 0.15) is 24.5 Å². The maximum Gasteiger partial charge on any atom is 0.347 e. The number of carbonyl (C=O) groups is 2. The van der Waals surface area contributed by atoms with E-state index in [9.17, 15) is 9.59 Å². The summed E-state index contributed by atoms with van der Waals surface area (Å²) in [7, 11) is 0. The van der Waals surface area contributed by atoms with Gasteiger partial charge in [-0.05, 0) is 55.7 Å². The van der Waals surface area contributed by atoms with Crippen molar-refractivity contribution < 1.29 is 19.1 Å². The van der Waals surface area contributed by atoms with Gasteiger partial charge in [-0.1, -0.05) is 31.2 Å². The van der Waals surface area contributed by atoms with Gasteiger partial charge >= 0.3 is 5.97 Å². The smallest absolute Gasteiger partial charge is 0.347 e. The molecule has 132 valence electrons. The Morgan fingerprint density at radius 3 is 2.28 bits per heavy atom. The van der Waals surface area contributed by atoms with Crippen LogP contribution in [0.4, 0.5) is 5.69 Å². The number of carbonyl (C=O) groups excluding carboxylic acids is 2. The molecule has 0 aliphatic heterocycles. The van der Waals surface area contributed by atoms with Crippen molar-refractivity contribution in [2.45, 2.75) is 33.3 Å². The normalized spacial score (nSPS) is 11.5. The van der Waals surface area contributed by atoms with Crippen molar-refractivity contribution in [3.05, 3.63) is 59.7 Å². The molecule has 2 aromatic carbocycles. The fourth-order valence-electron chi connectivity index (χ4n) is 2.43. The lowest BCUT2D eigenvalue weighted by atomic mass is 10.1. The Kier molecular flexibility index (Phi) is 6.57. The molecule has 2 aromatic rings. The molecule has 2 rings (SSSR count). The molecule has 0 saturated heterocycles. The van der Waals surface area contributed by atoms with Gasteiger partial charge in [0.25, 0.3) is 5.91 Å². The van der Waals surface area contributed by atoms with Crippen LogP contribution in [0, 0.1) is 13.8 Å². The molecule has 1 amide bonds. The van der Waals surface area contributed by atoms with Gasteiger partial charge in [0.1, 0.15) is 5.75 Å². The number of rotatable bonds is 7. The molecule has 0 bridgehead atoms. The van der Waals surface area contributed by atoms with E-state index >= 15 is 0 Å². The van der Waals surface area contributed by atoms with Gasteiger partial charge in [-0.15, -0.1) is 0 Å². The average Bonchev–Trinajstić information content (AvgIpc) is 2.57. The third kappa shape index (κ3) is 5.95. The number of para-hydroxylation sites is 1. The maximum atomic E-state index is 12.1. The monoisotopic (exact) mass is 341 g/mol. The molecule has 0 aliphatic carbocycles. The number of esters is 1. The molecule has 5 heteroatoms. The van der Waals surface area contributed by atoms with Crippen LogP contribution in [0.2, 0.25) is 0 Å². The summed E-state index contributed by atoms with van der Waals surface area (Å²) >= 11 is 0. The summed E-state index contributed by atoms with van der Waals surface area (Å²) in [6, 6.07) is 14.8. The lowest BCUT2D eigenvalue weighted by Gasteiger charge is -2.16. The fraction of sp³-hybridized carbons (Fsp3) is 0.300. The molecule has 0 fully saturated rings. The van der Waals surface area contributed by atoms with Gasteiger partial charge in [0, 0.05) is 5.69 Å². The predicted octanol–water partition coefficient (Wildman–Crippen LogP) is 3.64. The van der Waals surface area contributed by atoms with Gasteiger partial charge in [0.2, 0.25) is 0 Å². The number of anilines is 1.